The summed E-state index contributed by atoms with van der Waals surface area (Å²) in [5.74, 6) is -0.0953. The lowest BCUT2D eigenvalue weighted by atomic mass is 9.94. The number of rotatable bonds is 4. The molecule has 1 aliphatic rings. The summed E-state index contributed by atoms with van der Waals surface area (Å²) in [5, 5.41) is 0. The first-order valence-electron chi connectivity index (χ1n) is 6.70. The number of piperidine rings is 1. The van der Waals surface area contributed by atoms with Crippen molar-refractivity contribution in [3.05, 3.63) is 24.3 Å². The lowest BCUT2D eigenvalue weighted by Crippen LogP contribution is -2.37. The van der Waals surface area contributed by atoms with Crippen molar-refractivity contribution < 1.29 is 13.2 Å². The van der Waals surface area contributed by atoms with Gasteiger partial charge in [-0.05, 0) is 30.9 Å². The van der Waals surface area contributed by atoms with Crippen LogP contribution in [0.1, 0.15) is 19.3 Å². The van der Waals surface area contributed by atoms with Gasteiger partial charge >= 0.3 is 0 Å². The Morgan fingerprint density at radius 3 is 2.75 bits per heavy atom. The molecule has 1 aliphatic heterocycles. The second kappa shape index (κ2) is 5.83. The maximum Gasteiger partial charge on any atom is 0.217 e. The molecule has 0 spiro atoms. The number of sulfone groups is 1. The standard InChI is InChI=1S/C14H20N2O3S/c1-20(18,19)13-7-3-2-6-12(13)16-8-4-5-11(10-16)9-14(15)17/h2-3,6-7,11H,4-5,8-10H2,1H3,(H2,15,17). The maximum absolute atomic E-state index is 11.9. The number of nitrogens with two attached hydrogens (primary N) is 1. The van der Waals surface area contributed by atoms with E-state index in [0.29, 0.717) is 17.9 Å². The molecule has 1 heterocycles. The fourth-order valence-electron chi connectivity index (χ4n) is 2.77. The summed E-state index contributed by atoms with van der Waals surface area (Å²) in [6.45, 7) is 1.48. The van der Waals surface area contributed by atoms with Gasteiger partial charge in [-0.1, -0.05) is 12.1 Å². The molecule has 1 unspecified atom stereocenters. The van der Waals surface area contributed by atoms with E-state index < -0.39 is 9.84 Å². The van der Waals surface area contributed by atoms with Gasteiger partial charge in [0.1, 0.15) is 0 Å². The van der Waals surface area contributed by atoms with E-state index in [9.17, 15) is 13.2 Å². The molecule has 1 atom stereocenters. The van der Waals surface area contributed by atoms with E-state index in [1.807, 2.05) is 17.0 Å². The monoisotopic (exact) mass is 296 g/mol. The van der Waals surface area contributed by atoms with Gasteiger partial charge in [-0.15, -0.1) is 0 Å². The van der Waals surface area contributed by atoms with Crippen molar-refractivity contribution in [1.29, 1.82) is 0 Å². The molecule has 0 saturated carbocycles. The lowest BCUT2D eigenvalue weighted by Gasteiger charge is -2.34. The molecule has 1 saturated heterocycles. The fourth-order valence-corrected chi connectivity index (χ4v) is 3.67. The summed E-state index contributed by atoms with van der Waals surface area (Å²) < 4.78 is 23.7. The number of anilines is 1. The first-order chi connectivity index (χ1) is 9.38. The van der Waals surface area contributed by atoms with Crippen molar-refractivity contribution in [2.75, 3.05) is 24.2 Å². The van der Waals surface area contributed by atoms with Gasteiger partial charge in [-0.25, -0.2) is 8.42 Å². The molecule has 1 aromatic rings. The minimum Gasteiger partial charge on any atom is -0.370 e. The highest BCUT2D eigenvalue weighted by atomic mass is 32.2. The molecule has 0 aromatic heterocycles. The summed E-state index contributed by atoms with van der Waals surface area (Å²) in [7, 11) is -3.26. The van der Waals surface area contributed by atoms with E-state index >= 15 is 0 Å². The van der Waals surface area contributed by atoms with E-state index in [0.717, 1.165) is 25.1 Å². The first-order valence-corrected chi connectivity index (χ1v) is 8.59. The zero-order valence-corrected chi connectivity index (χ0v) is 12.4. The van der Waals surface area contributed by atoms with Crippen LogP contribution in [-0.2, 0) is 14.6 Å². The van der Waals surface area contributed by atoms with Crippen LogP contribution in [0.15, 0.2) is 29.2 Å². The third-order valence-corrected chi connectivity index (χ3v) is 4.76. The molecule has 2 rings (SSSR count). The Kier molecular flexibility index (Phi) is 4.32. The van der Waals surface area contributed by atoms with Crippen LogP contribution < -0.4 is 10.6 Å². The smallest absolute Gasteiger partial charge is 0.217 e. The normalized spacial score (nSPS) is 19.9. The van der Waals surface area contributed by atoms with E-state index in [2.05, 4.69) is 0 Å². The van der Waals surface area contributed by atoms with Crippen molar-refractivity contribution >= 4 is 21.4 Å². The zero-order valence-electron chi connectivity index (χ0n) is 11.6. The molecule has 0 radical (unpaired) electrons. The highest BCUT2D eigenvalue weighted by Crippen LogP contribution is 2.30. The number of hydrogen-bond donors (Lipinski definition) is 1. The Morgan fingerprint density at radius 1 is 1.40 bits per heavy atom. The molecule has 6 heteroatoms. The topological polar surface area (TPSA) is 80.5 Å². The van der Waals surface area contributed by atoms with Crippen LogP contribution in [0.5, 0.6) is 0 Å². The average Bonchev–Trinajstić information content (AvgIpc) is 2.37. The quantitative estimate of drug-likeness (QED) is 0.904. The lowest BCUT2D eigenvalue weighted by molar-refractivity contribution is -0.118. The van der Waals surface area contributed by atoms with Crippen LogP contribution in [0.4, 0.5) is 5.69 Å². The Labute approximate surface area is 119 Å². The second-order valence-corrected chi connectivity index (χ2v) is 7.35. The van der Waals surface area contributed by atoms with Crippen molar-refractivity contribution in [3.63, 3.8) is 0 Å². The molecule has 5 nitrogen and oxygen atoms in total. The Morgan fingerprint density at radius 2 is 2.10 bits per heavy atom. The van der Waals surface area contributed by atoms with Gasteiger partial charge in [0, 0.05) is 25.8 Å². The number of carbonyl (C=O) groups excluding carboxylic acids is 1. The SMILES string of the molecule is CS(=O)(=O)c1ccccc1N1CCCC(CC(N)=O)C1. The largest absolute Gasteiger partial charge is 0.370 e. The molecule has 1 aromatic carbocycles. The number of benzene rings is 1. The molecule has 20 heavy (non-hydrogen) atoms. The number of nitrogens with zero attached hydrogens (tertiary/aromatic N) is 1. The van der Waals surface area contributed by atoms with Crippen LogP contribution in [-0.4, -0.2) is 33.7 Å². The zero-order chi connectivity index (χ0) is 14.8. The van der Waals surface area contributed by atoms with Gasteiger partial charge in [0.15, 0.2) is 9.84 Å². The van der Waals surface area contributed by atoms with E-state index in [1.54, 1.807) is 12.1 Å². The predicted octanol–water partition coefficient (Wildman–Crippen LogP) is 1.18. The highest BCUT2D eigenvalue weighted by molar-refractivity contribution is 7.90. The number of amides is 1. The van der Waals surface area contributed by atoms with Gasteiger partial charge in [0.05, 0.1) is 10.6 Å². The molecule has 0 bridgehead atoms. The number of carbonyl (C=O) groups is 1. The van der Waals surface area contributed by atoms with Gasteiger partial charge in [0.2, 0.25) is 5.91 Å². The minimum atomic E-state index is -3.26. The van der Waals surface area contributed by atoms with Gasteiger partial charge in [-0.3, -0.25) is 4.79 Å². The van der Waals surface area contributed by atoms with E-state index in [4.69, 9.17) is 5.73 Å². The van der Waals surface area contributed by atoms with Crippen LogP contribution in [0.25, 0.3) is 0 Å². The van der Waals surface area contributed by atoms with Crippen LogP contribution in [0.2, 0.25) is 0 Å². The third-order valence-electron chi connectivity index (χ3n) is 3.61. The number of hydrogen-bond acceptors (Lipinski definition) is 4. The van der Waals surface area contributed by atoms with Gasteiger partial charge in [-0.2, -0.15) is 0 Å². The van der Waals surface area contributed by atoms with Crippen LogP contribution in [0, 0.1) is 5.92 Å². The molecule has 0 aliphatic carbocycles. The molecule has 1 amide bonds. The Balaban J connectivity index is 2.25. The number of primary amides is 1. The Bertz CT molecular complexity index is 598. The summed E-state index contributed by atoms with van der Waals surface area (Å²) in [4.78, 5) is 13.4. The van der Waals surface area contributed by atoms with Crippen molar-refractivity contribution in [1.82, 2.24) is 0 Å². The van der Waals surface area contributed by atoms with Crippen LogP contribution >= 0.6 is 0 Å². The van der Waals surface area contributed by atoms with Crippen LogP contribution in [0.3, 0.4) is 0 Å². The predicted molar refractivity (Wildman–Crippen MR) is 78.3 cm³/mol. The maximum atomic E-state index is 11.9. The van der Waals surface area contributed by atoms with Crippen molar-refractivity contribution in [2.24, 2.45) is 11.7 Å². The first kappa shape index (κ1) is 14.8. The number of para-hydroxylation sites is 1. The molecular weight excluding hydrogens is 276 g/mol. The van der Waals surface area contributed by atoms with Gasteiger partial charge < -0.3 is 10.6 Å². The average molecular weight is 296 g/mol. The summed E-state index contributed by atoms with van der Waals surface area (Å²) in [5.41, 5.74) is 5.98. The fraction of sp³-hybridized carbons (Fsp3) is 0.500. The summed E-state index contributed by atoms with van der Waals surface area (Å²) >= 11 is 0. The molecule has 2 N–H and O–H groups in total. The third kappa shape index (κ3) is 3.50. The Hall–Kier alpha value is -1.56. The molecule has 1 fully saturated rings. The van der Waals surface area contributed by atoms with E-state index in [-0.39, 0.29) is 11.8 Å². The van der Waals surface area contributed by atoms with Crippen molar-refractivity contribution in [2.45, 2.75) is 24.2 Å². The molecule has 110 valence electrons. The minimum absolute atomic E-state index is 0.203. The second-order valence-electron chi connectivity index (χ2n) is 5.36. The summed E-state index contributed by atoms with van der Waals surface area (Å²) in [6, 6.07) is 7.01. The molecular formula is C14H20N2O3S. The summed E-state index contributed by atoms with van der Waals surface area (Å²) in [6.07, 6.45) is 3.48. The van der Waals surface area contributed by atoms with Gasteiger partial charge in [0.25, 0.3) is 0 Å². The highest BCUT2D eigenvalue weighted by Gasteiger charge is 2.24. The van der Waals surface area contributed by atoms with E-state index in [1.165, 1.54) is 6.26 Å². The van der Waals surface area contributed by atoms with Crippen molar-refractivity contribution in [3.8, 4) is 0 Å².